The molecule has 5 heteroatoms. The highest BCUT2D eigenvalue weighted by molar-refractivity contribution is 5.83. The first-order chi connectivity index (χ1) is 9.28. The topological polar surface area (TPSA) is 52.0 Å². The van der Waals surface area contributed by atoms with Crippen LogP contribution in [0.5, 0.6) is 0 Å². The number of aromatic nitrogens is 1. The molecule has 4 nitrogen and oxygen atoms in total. The molecule has 0 bridgehead atoms. The molecule has 0 unspecified atom stereocenters. The number of nitriles is 1. The summed E-state index contributed by atoms with van der Waals surface area (Å²) >= 11 is 0. The van der Waals surface area contributed by atoms with Crippen molar-refractivity contribution in [3.8, 4) is 6.07 Å². The summed E-state index contributed by atoms with van der Waals surface area (Å²) in [6.07, 6.45) is 0. The van der Waals surface area contributed by atoms with E-state index in [1.807, 2.05) is 0 Å². The van der Waals surface area contributed by atoms with Gasteiger partial charge in [-0.1, -0.05) is 0 Å². The highest BCUT2D eigenvalue weighted by Crippen LogP contribution is 2.24. The number of pyridine rings is 1. The predicted molar refractivity (Wildman–Crippen MR) is 71.5 cm³/mol. The lowest BCUT2D eigenvalue weighted by Crippen LogP contribution is -2.44. The van der Waals surface area contributed by atoms with Crippen LogP contribution >= 0.6 is 0 Å². The normalized spacial score (nSPS) is 15.5. The van der Waals surface area contributed by atoms with Crippen LogP contribution in [0.15, 0.2) is 24.3 Å². The van der Waals surface area contributed by atoms with Crippen LogP contribution < -0.4 is 10.2 Å². The molecular formula is C14H13FN4. The molecule has 2 aromatic rings. The molecule has 1 aromatic carbocycles. The summed E-state index contributed by atoms with van der Waals surface area (Å²) in [5.74, 6) is 0.345. The van der Waals surface area contributed by atoms with Crippen molar-refractivity contribution in [1.82, 2.24) is 10.3 Å². The van der Waals surface area contributed by atoms with Gasteiger partial charge in [0.1, 0.15) is 17.7 Å². The van der Waals surface area contributed by atoms with Crippen molar-refractivity contribution in [2.24, 2.45) is 0 Å². The Balaban J connectivity index is 2.13. The smallest absolute Gasteiger partial charge is 0.147 e. The largest absolute Gasteiger partial charge is 0.353 e. The quantitative estimate of drug-likeness (QED) is 0.843. The van der Waals surface area contributed by atoms with Gasteiger partial charge in [-0.05, 0) is 18.2 Å². The molecule has 0 atom stereocenters. The third kappa shape index (κ3) is 2.23. The molecule has 0 saturated carbocycles. The van der Waals surface area contributed by atoms with Crippen molar-refractivity contribution in [1.29, 1.82) is 5.26 Å². The maximum Gasteiger partial charge on any atom is 0.147 e. The number of nitrogens with zero attached hydrogens (tertiary/aromatic N) is 3. The van der Waals surface area contributed by atoms with E-state index in [2.05, 4.69) is 21.3 Å². The van der Waals surface area contributed by atoms with Crippen LogP contribution in [0.1, 0.15) is 5.56 Å². The second-order valence-corrected chi connectivity index (χ2v) is 4.55. The van der Waals surface area contributed by atoms with Gasteiger partial charge in [0.15, 0.2) is 0 Å². The monoisotopic (exact) mass is 256 g/mol. The molecule has 1 aliphatic heterocycles. The number of halogens is 1. The van der Waals surface area contributed by atoms with Gasteiger partial charge in [0, 0.05) is 37.6 Å². The Morgan fingerprint density at radius 1 is 1.26 bits per heavy atom. The molecule has 0 radical (unpaired) electrons. The lowest BCUT2D eigenvalue weighted by atomic mass is 10.1. The van der Waals surface area contributed by atoms with E-state index in [-0.39, 0.29) is 5.82 Å². The zero-order valence-electron chi connectivity index (χ0n) is 10.4. The van der Waals surface area contributed by atoms with Crippen LogP contribution in [0, 0.1) is 17.1 Å². The maximum atomic E-state index is 13.3. The third-order valence-corrected chi connectivity index (χ3v) is 3.30. The highest BCUT2D eigenvalue weighted by Gasteiger charge is 2.16. The Morgan fingerprint density at radius 3 is 2.79 bits per heavy atom. The van der Waals surface area contributed by atoms with E-state index in [9.17, 15) is 9.65 Å². The van der Waals surface area contributed by atoms with Gasteiger partial charge < -0.3 is 10.2 Å². The van der Waals surface area contributed by atoms with Crippen molar-refractivity contribution in [2.45, 2.75) is 0 Å². The Bertz CT molecular complexity index is 656. The number of benzene rings is 1. The number of hydrogen-bond donors (Lipinski definition) is 1. The molecule has 0 aliphatic carbocycles. The fourth-order valence-electron chi connectivity index (χ4n) is 2.33. The zero-order chi connectivity index (χ0) is 13.2. The minimum atomic E-state index is -0.309. The van der Waals surface area contributed by atoms with E-state index < -0.39 is 0 Å². The average molecular weight is 256 g/mol. The molecule has 1 saturated heterocycles. The Labute approximate surface area is 110 Å². The van der Waals surface area contributed by atoms with Gasteiger partial charge in [0.25, 0.3) is 0 Å². The minimum absolute atomic E-state index is 0.309. The van der Waals surface area contributed by atoms with Crippen molar-refractivity contribution >= 4 is 16.7 Å². The number of rotatable bonds is 1. The summed E-state index contributed by atoms with van der Waals surface area (Å²) in [4.78, 5) is 6.54. The number of nitrogens with one attached hydrogen (secondary N) is 1. The van der Waals surface area contributed by atoms with Crippen molar-refractivity contribution in [3.05, 3.63) is 35.6 Å². The van der Waals surface area contributed by atoms with E-state index in [4.69, 9.17) is 0 Å². The second kappa shape index (κ2) is 4.82. The summed E-state index contributed by atoms with van der Waals surface area (Å²) in [6.45, 7) is 3.35. The molecule has 1 N–H and O–H groups in total. The van der Waals surface area contributed by atoms with Crippen molar-refractivity contribution < 1.29 is 4.39 Å². The van der Waals surface area contributed by atoms with E-state index >= 15 is 0 Å². The molecular weight excluding hydrogens is 243 g/mol. The molecule has 1 fully saturated rings. The first-order valence-corrected chi connectivity index (χ1v) is 6.24. The standard InChI is InChI=1S/C14H13FN4/c15-12-2-1-10-7-11(9-16)14(18-13(10)8-12)19-5-3-17-4-6-19/h1-2,7-8,17H,3-6H2. The summed E-state index contributed by atoms with van der Waals surface area (Å²) in [7, 11) is 0. The minimum Gasteiger partial charge on any atom is -0.353 e. The van der Waals surface area contributed by atoms with E-state index in [0.717, 1.165) is 31.6 Å². The molecule has 3 rings (SSSR count). The fourth-order valence-corrected chi connectivity index (χ4v) is 2.33. The average Bonchev–Trinajstić information content (AvgIpc) is 2.46. The molecule has 0 spiro atoms. The Kier molecular flexibility index (Phi) is 3.02. The van der Waals surface area contributed by atoms with Crippen molar-refractivity contribution in [3.63, 3.8) is 0 Å². The van der Waals surface area contributed by atoms with Gasteiger partial charge in [-0.25, -0.2) is 9.37 Å². The highest BCUT2D eigenvalue weighted by atomic mass is 19.1. The number of piperazine rings is 1. The van der Waals surface area contributed by atoms with Crippen LogP contribution in [0.2, 0.25) is 0 Å². The Morgan fingerprint density at radius 2 is 2.05 bits per heavy atom. The first-order valence-electron chi connectivity index (χ1n) is 6.24. The van der Waals surface area contributed by atoms with Gasteiger partial charge >= 0.3 is 0 Å². The molecule has 19 heavy (non-hydrogen) atoms. The number of hydrogen-bond acceptors (Lipinski definition) is 4. The summed E-state index contributed by atoms with van der Waals surface area (Å²) < 4.78 is 13.3. The predicted octanol–water partition coefficient (Wildman–Crippen LogP) is 1.66. The number of fused-ring (bicyclic) bond motifs is 1. The SMILES string of the molecule is N#Cc1cc2ccc(F)cc2nc1N1CCNCC1. The molecule has 96 valence electrons. The first kappa shape index (κ1) is 11.9. The summed E-state index contributed by atoms with van der Waals surface area (Å²) in [5.41, 5.74) is 1.13. The second-order valence-electron chi connectivity index (χ2n) is 4.55. The fraction of sp³-hybridized carbons (Fsp3) is 0.286. The Hall–Kier alpha value is -2.19. The number of anilines is 1. The molecule has 1 aromatic heterocycles. The van der Waals surface area contributed by atoms with Crippen LogP contribution in [-0.4, -0.2) is 31.2 Å². The van der Waals surface area contributed by atoms with Gasteiger partial charge in [0.2, 0.25) is 0 Å². The van der Waals surface area contributed by atoms with Crippen LogP contribution in [-0.2, 0) is 0 Å². The van der Waals surface area contributed by atoms with Gasteiger partial charge in [-0.3, -0.25) is 0 Å². The lowest BCUT2D eigenvalue weighted by Gasteiger charge is -2.29. The third-order valence-electron chi connectivity index (χ3n) is 3.30. The van der Waals surface area contributed by atoms with E-state index in [1.165, 1.54) is 12.1 Å². The van der Waals surface area contributed by atoms with Crippen molar-refractivity contribution in [2.75, 3.05) is 31.1 Å². The molecule has 1 aliphatic rings. The van der Waals surface area contributed by atoms with Gasteiger partial charge in [-0.2, -0.15) is 5.26 Å². The van der Waals surface area contributed by atoms with Crippen LogP contribution in [0.25, 0.3) is 10.9 Å². The van der Waals surface area contributed by atoms with Crippen LogP contribution in [0.4, 0.5) is 10.2 Å². The van der Waals surface area contributed by atoms with Gasteiger partial charge in [-0.15, -0.1) is 0 Å². The lowest BCUT2D eigenvalue weighted by molar-refractivity contribution is 0.585. The summed E-state index contributed by atoms with van der Waals surface area (Å²) in [5, 5.41) is 13.3. The van der Waals surface area contributed by atoms with E-state index in [1.54, 1.807) is 12.1 Å². The zero-order valence-corrected chi connectivity index (χ0v) is 10.4. The summed E-state index contributed by atoms with van der Waals surface area (Å²) in [6, 6.07) is 8.40. The van der Waals surface area contributed by atoms with Gasteiger partial charge in [0.05, 0.1) is 11.1 Å². The maximum absolute atomic E-state index is 13.3. The van der Waals surface area contributed by atoms with E-state index in [0.29, 0.717) is 16.9 Å². The molecule has 0 amide bonds. The van der Waals surface area contributed by atoms with Crippen LogP contribution in [0.3, 0.4) is 0 Å². The molecule has 2 heterocycles.